The van der Waals surface area contributed by atoms with Gasteiger partial charge in [0, 0.05) is 40.7 Å². The molecule has 31 heavy (non-hydrogen) atoms. The van der Waals surface area contributed by atoms with E-state index in [0.29, 0.717) is 22.5 Å². The van der Waals surface area contributed by atoms with Crippen molar-refractivity contribution in [2.24, 2.45) is 0 Å². The zero-order chi connectivity index (χ0) is 22.1. The van der Waals surface area contributed by atoms with Crippen LogP contribution in [0.1, 0.15) is 27.2 Å². The van der Waals surface area contributed by atoms with E-state index < -0.39 is 17.9 Å². The van der Waals surface area contributed by atoms with E-state index in [-0.39, 0.29) is 6.42 Å². The van der Waals surface area contributed by atoms with Gasteiger partial charge >= 0.3 is 5.97 Å². The lowest BCUT2D eigenvalue weighted by atomic mass is 10.1. The minimum atomic E-state index is -0.834. The molecule has 0 unspecified atom stereocenters. The number of carbonyl (C=O) groups excluding carboxylic acids is 2. The number of rotatable bonds is 5. The summed E-state index contributed by atoms with van der Waals surface area (Å²) in [4.78, 5) is 31.4. The molecule has 0 saturated heterocycles. The number of nitrogen functional groups attached to an aromatic ring is 1. The van der Waals surface area contributed by atoms with Crippen molar-refractivity contribution in [2.75, 3.05) is 12.8 Å². The summed E-state index contributed by atoms with van der Waals surface area (Å²) >= 11 is 0. The largest absolute Gasteiger partial charge is 0.467 e. The fraction of sp³-hybridized carbons (Fsp3) is 0.125. The Morgan fingerprint density at radius 2 is 1.87 bits per heavy atom. The molecular weight excluding hydrogens is 392 g/mol. The third kappa shape index (κ3) is 6.25. The number of carbonyl (C=O) groups is 2. The molecule has 2 aromatic carbocycles. The van der Waals surface area contributed by atoms with Crippen LogP contribution in [0.2, 0.25) is 0 Å². The van der Waals surface area contributed by atoms with Crippen molar-refractivity contribution in [1.29, 1.82) is 0 Å². The van der Waals surface area contributed by atoms with Gasteiger partial charge in [0.15, 0.2) is 0 Å². The minimum absolute atomic E-state index is 0.244. The first kappa shape index (κ1) is 21.2. The van der Waals surface area contributed by atoms with Gasteiger partial charge in [-0.3, -0.25) is 4.79 Å². The Bertz CT molecular complexity index is 1180. The summed E-state index contributed by atoms with van der Waals surface area (Å²) in [6, 6.07) is 13.1. The SMILES string of the molecule is COC(=O)[C@H](Cc1cnc[nH]1)NC(=O)c1ccc(C#CC#Cc2cccc(N)c2)cc1. The van der Waals surface area contributed by atoms with Crippen molar-refractivity contribution in [3.8, 4) is 23.7 Å². The van der Waals surface area contributed by atoms with Crippen LogP contribution in [0.5, 0.6) is 0 Å². The number of benzene rings is 2. The molecule has 0 aliphatic heterocycles. The highest BCUT2D eigenvalue weighted by Crippen LogP contribution is 2.07. The van der Waals surface area contributed by atoms with Crippen LogP contribution in [-0.2, 0) is 16.0 Å². The van der Waals surface area contributed by atoms with E-state index >= 15 is 0 Å². The van der Waals surface area contributed by atoms with Gasteiger partial charge < -0.3 is 20.8 Å². The summed E-state index contributed by atoms with van der Waals surface area (Å²) in [5.41, 5.74) is 8.96. The summed E-state index contributed by atoms with van der Waals surface area (Å²) in [5, 5.41) is 2.69. The average molecular weight is 412 g/mol. The highest BCUT2D eigenvalue weighted by molar-refractivity contribution is 5.96. The molecule has 7 heteroatoms. The molecule has 1 heterocycles. The topological polar surface area (TPSA) is 110 Å². The van der Waals surface area contributed by atoms with Crippen molar-refractivity contribution >= 4 is 17.6 Å². The van der Waals surface area contributed by atoms with Crippen LogP contribution in [0.15, 0.2) is 61.1 Å². The maximum atomic E-state index is 12.5. The van der Waals surface area contributed by atoms with Gasteiger partial charge in [0.1, 0.15) is 6.04 Å². The molecule has 0 aliphatic rings. The van der Waals surface area contributed by atoms with Crippen molar-refractivity contribution in [1.82, 2.24) is 15.3 Å². The van der Waals surface area contributed by atoms with Crippen molar-refractivity contribution in [2.45, 2.75) is 12.5 Å². The molecule has 154 valence electrons. The molecule has 0 spiro atoms. The standard InChI is InChI=1S/C24H20N4O3/c1-31-24(30)22(14-21-15-26-16-27-21)28-23(29)19-11-9-17(10-12-19)5-2-3-6-18-7-4-8-20(25)13-18/h4,7-13,15-16,22H,14,25H2,1H3,(H,26,27)(H,28,29)/t22-/m0/s1. The van der Waals surface area contributed by atoms with Gasteiger partial charge in [0.25, 0.3) is 5.91 Å². The maximum absolute atomic E-state index is 12.5. The number of nitrogens with one attached hydrogen (secondary N) is 2. The first-order valence-corrected chi connectivity index (χ1v) is 9.38. The van der Waals surface area contributed by atoms with E-state index in [4.69, 9.17) is 10.5 Å². The van der Waals surface area contributed by atoms with Crippen LogP contribution < -0.4 is 11.1 Å². The number of methoxy groups -OCH3 is 1. The van der Waals surface area contributed by atoms with Gasteiger partial charge in [0.2, 0.25) is 0 Å². The Kier molecular flexibility index (Phi) is 7.07. The minimum Gasteiger partial charge on any atom is -0.467 e. The summed E-state index contributed by atoms with van der Waals surface area (Å²) in [6.45, 7) is 0. The summed E-state index contributed by atoms with van der Waals surface area (Å²) in [6.07, 6.45) is 3.34. The van der Waals surface area contributed by atoms with Crippen LogP contribution in [0, 0.1) is 23.7 Å². The first-order valence-electron chi connectivity index (χ1n) is 9.38. The van der Waals surface area contributed by atoms with Crippen LogP contribution in [0.25, 0.3) is 0 Å². The normalized spacial score (nSPS) is 10.6. The predicted molar refractivity (Wildman–Crippen MR) is 117 cm³/mol. The average Bonchev–Trinajstić information content (AvgIpc) is 3.29. The third-order valence-corrected chi connectivity index (χ3v) is 4.28. The zero-order valence-corrected chi connectivity index (χ0v) is 16.8. The summed E-state index contributed by atoms with van der Waals surface area (Å²) in [5.74, 6) is 10.5. The summed E-state index contributed by atoms with van der Waals surface area (Å²) < 4.78 is 4.78. The Labute approximate surface area is 180 Å². The van der Waals surface area contributed by atoms with E-state index in [9.17, 15) is 9.59 Å². The monoisotopic (exact) mass is 412 g/mol. The second-order valence-corrected chi connectivity index (χ2v) is 6.53. The molecule has 7 nitrogen and oxygen atoms in total. The van der Waals surface area contributed by atoms with Gasteiger partial charge in [-0.25, -0.2) is 9.78 Å². The van der Waals surface area contributed by atoms with Crippen molar-refractivity contribution < 1.29 is 14.3 Å². The number of nitrogens with zero attached hydrogens (tertiary/aromatic N) is 1. The number of hydrogen-bond donors (Lipinski definition) is 3. The van der Waals surface area contributed by atoms with Crippen LogP contribution in [0.4, 0.5) is 5.69 Å². The van der Waals surface area contributed by atoms with Crippen LogP contribution >= 0.6 is 0 Å². The number of imidazole rings is 1. The molecule has 4 N–H and O–H groups in total. The number of hydrogen-bond acceptors (Lipinski definition) is 5. The highest BCUT2D eigenvalue weighted by atomic mass is 16.5. The third-order valence-electron chi connectivity index (χ3n) is 4.28. The van der Waals surface area contributed by atoms with Crippen LogP contribution in [-0.4, -0.2) is 35.0 Å². The molecule has 0 saturated carbocycles. The smallest absolute Gasteiger partial charge is 0.328 e. The Hall–Kier alpha value is -4.49. The molecule has 0 fully saturated rings. The molecule has 1 aromatic heterocycles. The Morgan fingerprint density at radius 1 is 1.13 bits per heavy atom. The maximum Gasteiger partial charge on any atom is 0.328 e. The van der Waals surface area contributed by atoms with Gasteiger partial charge in [-0.15, -0.1) is 0 Å². The van der Waals surface area contributed by atoms with E-state index in [1.54, 1.807) is 42.6 Å². The number of H-pyrrole nitrogens is 1. The molecule has 3 aromatic rings. The van der Waals surface area contributed by atoms with Crippen molar-refractivity contribution in [3.63, 3.8) is 0 Å². The van der Waals surface area contributed by atoms with E-state index in [1.807, 2.05) is 12.1 Å². The first-order chi connectivity index (χ1) is 15.0. The van der Waals surface area contributed by atoms with Gasteiger partial charge in [0.05, 0.1) is 13.4 Å². The second kappa shape index (κ2) is 10.3. The van der Waals surface area contributed by atoms with Gasteiger partial charge in [-0.2, -0.15) is 0 Å². The van der Waals surface area contributed by atoms with E-state index in [2.05, 4.69) is 39.0 Å². The molecule has 1 atom stereocenters. The molecule has 0 radical (unpaired) electrons. The molecule has 1 amide bonds. The van der Waals surface area contributed by atoms with E-state index in [1.165, 1.54) is 13.4 Å². The number of anilines is 1. The lowest BCUT2D eigenvalue weighted by Crippen LogP contribution is -2.43. The highest BCUT2D eigenvalue weighted by Gasteiger charge is 2.23. The number of esters is 1. The van der Waals surface area contributed by atoms with Gasteiger partial charge in [-0.1, -0.05) is 17.9 Å². The second-order valence-electron chi connectivity index (χ2n) is 6.53. The Balaban J connectivity index is 1.64. The van der Waals surface area contributed by atoms with E-state index in [0.717, 1.165) is 5.56 Å². The summed E-state index contributed by atoms with van der Waals surface area (Å²) in [7, 11) is 1.28. The lowest BCUT2D eigenvalue weighted by Gasteiger charge is -2.15. The molecular formula is C24H20N4O3. The quantitative estimate of drug-likeness (QED) is 0.337. The van der Waals surface area contributed by atoms with Gasteiger partial charge in [-0.05, 0) is 54.3 Å². The predicted octanol–water partition coefficient (Wildman–Crippen LogP) is 1.91. The number of aromatic nitrogens is 2. The molecule has 0 bridgehead atoms. The molecule has 3 rings (SSSR count). The number of aromatic amines is 1. The number of ether oxygens (including phenoxy) is 1. The fourth-order valence-corrected chi connectivity index (χ4v) is 2.72. The zero-order valence-electron chi connectivity index (χ0n) is 16.8. The number of amides is 1. The van der Waals surface area contributed by atoms with Crippen molar-refractivity contribution in [3.05, 3.63) is 83.4 Å². The molecule has 0 aliphatic carbocycles. The van der Waals surface area contributed by atoms with Crippen LogP contribution in [0.3, 0.4) is 0 Å². The number of nitrogens with two attached hydrogens (primary N) is 1. The fourth-order valence-electron chi connectivity index (χ4n) is 2.72. The lowest BCUT2D eigenvalue weighted by molar-refractivity contribution is -0.142. The Morgan fingerprint density at radius 3 is 2.52 bits per heavy atom.